The summed E-state index contributed by atoms with van der Waals surface area (Å²) in [6.07, 6.45) is 0.493. The van der Waals surface area contributed by atoms with Crippen molar-refractivity contribution < 1.29 is 24.3 Å². The molecule has 0 aliphatic carbocycles. The minimum Gasteiger partial charge on any atom is -0.480 e. The normalized spacial score (nSPS) is 14.8. The SMILES string of the molecule is CC(C)C(NC(=O)C(CCCN=C(N)N)NC(=O)C(NC(=O)C(N)CS)C(C)C)C(=O)O. The van der Waals surface area contributed by atoms with E-state index >= 15 is 0 Å². The average molecular weight is 476 g/mol. The van der Waals surface area contributed by atoms with Gasteiger partial charge in [-0.25, -0.2) is 4.79 Å². The molecular formula is C19H37N7O5S. The van der Waals surface area contributed by atoms with Gasteiger partial charge in [0.2, 0.25) is 17.7 Å². The van der Waals surface area contributed by atoms with Crippen LogP contribution in [0.25, 0.3) is 0 Å². The number of nitrogens with zero attached hydrogens (tertiary/aromatic N) is 1. The third-order valence-corrected chi connectivity index (χ3v) is 4.98. The average Bonchev–Trinajstić information content (AvgIpc) is 2.69. The van der Waals surface area contributed by atoms with Gasteiger partial charge in [-0.2, -0.15) is 12.6 Å². The minimum absolute atomic E-state index is 0.0971. The van der Waals surface area contributed by atoms with Crippen LogP contribution in [0.2, 0.25) is 0 Å². The molecule has 0 aromatic rings. The number of hydrogen-bond acceptors (Lipinski definition) is 7. The number of carboxylic acids is 1. The van der Waals surface area contributed by atoms with E-state index in [1.165, 1.54) is 0 Å². The van der Waals surface area contributed by atoms with Gasteiger partial charge < -0.3 is 38.3 Å². The van der Waals surface area contributed by atoms with Gasteiger partial charge in [-0.05, 0) is 24.7 Å². The summed E-state index contributed by atoms with van der Waals surface area (Å²) in [7, 11) is 0. The fourth-order valence-corrected chi connectivity index (χ4v) is 2.85. The molecule has 0 aromatic carbocycles. The molecule has 184 valence electrons. The molecule has 0 bridgehead atoms. The van der Waals surface area contributed by atoms with E-state index in [-0.39, 0.29) is 36.5 Å². The highest BCUT2D eigenvalue weighted by molar-refractivity contribution is 7.80. The van der Waals surface area contributed by atoms with Gasteiger partial charge >= 0.3 is 5.97 Å². The Labute approximate surface area is 193 Å². The maximum atomic E-state index is 12.9. The Hall–Kier alpha value is -2.54. The fraction of sp³-hybridized carbons (Fsp3) is 0.737. The molecule has 4 unspecified atom stereocenters. The van der Waals surface area contributed by atoms with Crippen molar-refractivity contribution >= 4 is 42.3 Å². The van der Waals surface area contributed by atoms with Crippen LogP contribution in [0, 0.1) is 11.8 Å². The molecule has 0 fully saturated rings. The molecule has 0 aromatic heterocycles. The van der Waals surface area contributed by atoms with E-state index in [1.54, 1.807) is 27.7 Å². The Morgan fingerprint density at radius 2 is 1.44 bits per heavy atom. The first kappa shape index (κ1) is 29.5. The molecule has 0 saturated heterocycles. The largest absolute Gasteiger partial charge is 0.480 e. The van der Waals surface area contributed by atoms with Crippen molar-refractivity contribution in [1.29, 1.82) is 0 Å². The van der Waals surface area contributed by atoms with Crippen molar-refractivity contribution in [2.45, 2.75) is 64.7 Å². The zero-order chi connectivity index (χ0) is 25.0. The number of aliphatic carboxylic acids is 1. The third kappa shape index (κ3) is 10.7. The van der Waals surface area contributed by atoms with E-state index in [9.17, 15) is 24.3 Å². The second-order valence-corrected chi connectivity index (χ2v) is 8.46. The lowest BCUT2D eigenvalue weighted by Gasteiger charge is -2.27. The summed E-state index contributed by atoms with van der Waals surface area (Å²) < 4.78 is 0. The van der Waals surface area contributed by atoms with Gasteiger partial charge in [0, 0.05) is 12.3 Å². The summed E-state index contributed by atoms with van der Waals surface area (Å²) in [6, 6.07) is -4.04. The number of carbonyl (C=O) groups is 4. The first-order chi connectivity index (χ1) is 14.8. The van der Waals surface area contributed by atoms with Crippen LogP contribution in [0.1, 0.15) is 40.5 Å². The Balaban J connectivity index is 5.51. The highest BCUT2D eigenvalue weighted by Crippen LogP contribution is 2.08. The molecule has 0 aliphatic rings. The lowest BCUT2D eigenvalue weighted by Crippen LogP contribution is -2.59. The fourth-order valence-electron chi connectivity index (χ4n) is 2.68. The van der Waals surface area contributed by atoms with Crippen molar-refractivity contribution in [2.75, 3.05) is 12.3 Å². The van der Waals surface area contributed by atoms with E-state index in [4.69, 9.17) is 17.2 Å². The number of nitrogens with two attached hydrogens (primary N) is 3. The maximum Gasteiger partial charge on any atom is 0.326 e. The summed E-state index contributed by atoms with van der Waals surface area (Å²) in [6.45, 7) is 6.98. The van der Waals surface area contributed by atoms with Crippen LogP contribution < -0.4 is 33.2 Å². The van der Waals surface area contributed by atoms with E-state index in [2.05, 4.69) is 33.6 Å². The molecule has 32 heavy (non-hydrogen) atoms. The van der Waals surface area contributed by atoms with E-state index in [0.29, 0.717) is 6.42 Å². The van der Waals surface area contributed by atoms with Crippen LogP contribution in [0.15, 0.2) is 4.99 Å². The van der Waals surface area contributed by atoms with Gasteiger partial charge in [-0.1, -0.05) is 27.7 Å². The molecular weight excluding hydrogens is 438 g/mol. The monoisotopic (exact) mass is 475 g/mol. The summed E-state index contributed by atoms with van der Waals surface area (Å²) in [5.41, 5.74) is 16.2. The molecule has 3 amide bonds. The number of aliphatic imine (C=N–C) groups is 1. The topological polar surface area (TPSA) is 215 Å². The molecule has 12 nitrogen and oxygen atoms in total. The predicted molar refractivity (Wildman–Crippen MR) is 125 cm³/mol. The van der Waals surface area contributed by atoms with Crippen molar-refractivity contribution in [1.82, 2.24) is 16.0 Å². The van der Waals surface area contributed by atoms with Gasteiger partial charge in [0.15, 0.2) is 5.96 Å². The first-order valence-corrected chi connectivity index (χ1v) is 11.0. The summed E-state index contributed by atoms with van der Waals surface area (Å²) in [5, 5.41) is 17.0. The number of hydrogen-bond donors (Lipinski definition) is 8. The standard InChI is InChI=1S/C19H37N7O5S/c1-9(2)13(25-15(27)11(20)8-32)17(29)24-12(6-5-7-23-19(21)22)16(28)26-14(10(3)4)18(30)31/h9-14,32H,5-8,20H2,1-4H3,(H,24,29)(H,25,27)(H,26,28)(H,30,31)(H4,21,22,23). The summed E-state index contributed by atoms with van der Waals surface area (Å²) >= 11 is 3.97. The van der Waals surface area contributed by atoms with Gasteiger partial charge in [-0.3, -0.25) is 19.4 Å². The molecule has 0 spiro atoms. The highest BCUT2D eigenvalue weighted by atomic mass is 32.1. The molecule has 4 atom stereocenters. The van der Waals surface area contributed by atoms with Gasteiger partial charge in [0.05, 0.1) is 6.04 Å². The van der Waals surface area contributed by atoms with Crippen molar-refractivity contribution in [2.24, 2.45) is 34.0 Å². The Bertz CT molecular complexity index is 683. The molecule has 0 heterocycles. The molecule has 0 aliphatic heterocycles. The Kier molecular flexibility index (Phi) is 13.4. The maximum absolute atomic E-state index is 12.9. The second kappa shape index (κ2) is 14.5. The second-order valence-electron chi connectivity index (χ2n) is 8.10. The number of thiol groups is 1. The minimum atomic E-state index is -1.19. The number of guanidine groups is 1. The number of carbonyl (C=O) groups excluding carboxylic acids is 3. The predicted octanol–water partition coefficient (Wildman–Crippen LogP) is -1.85. The molecule has 0 saturated carbocycles. The molecule has 0 rings (SSSR count). The van der Waals surface area contributed by atoms with E-state index in [0.717, 1.165) is 0 Å². The van der Waals surface area contributed by atoms with Crippen LogP contribution in [0.5, 0.6) is 0 Å². The number of rotatable bonds is 14. The molecule has 13 heteroatoms. The van der Waals surface area contributed by atoms with Crippen LogP contribution in [-0.4, -0.2) is 71.2 Å². The number of carboxylic acid groups (broad SMARTS) is 1. The summed E-state index contributed by atoms with van der Waals surface area (Å²) in [5.74, 6) is -3.69. The van der Waals surface area contributed by atoms with Crippen LogP contribution in [-0.2, 0) is 19.2 Å². The lowest BCUT2D eigenvalue weighted by molar-refractivity contribution is -0.143. The van der Waals surface area contributed by atoms with Gasteiger partial charge in [-0.15, -0.1) is 0 Å². The van der Waals surface area contributed by atoms with Gasteiger partial charge in [0.1, 0.15) is 18.1 Å². The first-order valence-electron chi connectivity index (χ1n) is 10.4. The summed E-state index contributed by atoms with van der Waals surface area (Å²) in [4.78, 5) is 53.1. The van der Waals surface area contributed by atoms with E-state index in [1.807, 2.05) is 0 Å². The Morgan fingerprint density at radius 3 is 1.88 bits per heavy atom. The zero-order valence-corrected chi connectivity index (χ0v) is 19.9. The van der Waals surface area contributed by atoms with Crippen LogP contribution in [0.4, 0.5) is 0 Å². The lowest BCUT2D eigenvalue weighted by atomic mass is 10.0. The van der Waals surface area contributed by atoms with Crippen molar-refractivity contribution in [3.8, 4) is 0 Å². The Morgan fingerprint density at radius 1 is 0.906 bits per heavy atom. The van der Waals surface area contributed by atoms with E-state index < -0.39 is 47.9 Å². The molecule has 10 N–H and O–H groups in total. The highest BCUT2D eigenvalue weighted by Gasteiger charge is 2.32. The number of amides is 3. The quantitative estimate of drug-likeness (QED) is 0.0616. The third-order valence-electron chi connectivity index (χ3n) is 4.59. The zero-order valence-electron chi connectivity index (χ0n) is 19.0. The van der Waals surface area contributed by atoms with Crippen LogP contribution >= 0.6 is 12.6 Å². The van der Waals surface area contributed by atoms with Crippen molar-refractivity contribution in [3.05, 3.63) is 0 Å². The molecule has 0 radical (unpaired) electrons. The number of nitrogens with one attached hydrogen (secondary N) is 3. The smallest absolute Gasteiger partial charge is 0.326 e. The van der Waals surface area contributed by atoms with Gasteiger partial charge in [0.25, 0.3) is 0 Å². The van der Waals surface area contributed by atoms with Crippen molar-refractivity contribution in [3.63, 3.8) is 0 Å². The van der Waals surface area contributed by atoms with Crippen LogP contribution in [0.3, 0.4) is 0 Å².